The number of benzene rings is 1. The molecule has 1 amide bonds. The molecule has 30 heavy (non-hydrogen) atoms. The van der Waals surface area contributed by atoms with Gasteiger partial charge in [0.15, 0.2) is 0 Å². The zero-order valence-electron chi connectivity index (χ0n) is 16.8. The van der Waals surface area contributed by atoms with E-state index in [1.165, 1.54) is 0 Å². The lowest BCUT2D eigenvalue weighted by atomic mass is 10.1. The lowest BCUT2D eigenvalue weighted by molar-refractivity contribution is -0.119. The third kappa shape index (κ3) is 3.66. The number of amides is 1. The number of rotatable bonds is 5. The quantitative estimate of drug-likeness (QED) is 0.679. The van der Waals surface area contributed by atoms with Gasteiger partial charge in [-0.15, -0.1) is 11.3 Å². The summed E-state index contributed by atoms with van der Waals surface area (Å²) in [7, 11) is 0. The molecule has 2 saturated heterocycles. The highest BCUT2D eigenvalue weighted by atomic mass is 32.1. The van der Waals surface area contributed by atoms with Gasteiger partial charge in [-0.05, 0) is 18.4 Å². The van der Waals surface area contributed by atoms with Crippen molar-refractivity contribution in [3.05, 3.63) is 41.5 Å². The number of thiophene rings is 1. The molecule has 7 nitrogen and oxygen atoms in total. The molecule has 1 unspecified atom stereocenters. The summed E-state index contributed by atoms with van der Waals surface area (Å²) in [4.78, 5) is 27.4. The van der Waals surface area contributed by atoms with Gasteiger partial charge in [-0.3, -0.25) is 9.69 Å². The maximum absolute atomic E-state index is 12.1. The van der Waals surface area contributed by atoms with E-state index in [0.29, 0.717) is 6.54 Å². The van der Waals surface area contributed by atoms with E-state index in [-0.39, 0.29) is 11.9 Å². The van der Waals surface area contributed by atoms with Crippen LogP contribution in [-0.4, -0.2) is 59.7 Å². The Morgan fingerprint density at radius 3 is 2.73 bits per heavy atom. The first-order valence-corrected chi connectivity index (χ1v) is 11.3. The summed E-state index contributed by atoms with van der Waals surface area (Å²) in [6, 6.07) is 9.97. The second-order valence-electron chi connectivity index (χ2n) is 7.80. The summed E-state index contributed by atoms with van der Waals surface area (Å²) in [5.41, 5.74) is 7.98. The van der Waals surface area contributed by atoms with Crippen LogP contribution in [0.2, 0.25) is 0 Å². The first kappa shape index (κ1) is 19.4. The van der Waals surface area contributed by atoms with Crippen LogP contribution in [0.1, 0.15) is 18.7 Å². The minimum atomic E-state index is -0.317. The molecule has 4 heterocycles. The highest BCUT2D eigenvalue weighted by molar-refractivity contribution is 7.17. The Morgan fingerprint density at radius 2 is 1.97 bits per heavy atom. The zero-order chi connectivity index (χ0) is 20.5. The number of carbonyl (C=O) groups is 1. The number of nitrogens with zero attached hydrogens (tertiary/aromatic N) is 4. The molecule has 1 atom stereocenters. The van der Waals surface area contributed by atoms with Gasteiger partial charge >= 0.3 is 0 Å². The number of aromatic nitrogens is 2. The fourth-order valence-electron chi connectivity index (χ4n) is 4.35. The Bertz CT molecular complexity index is 1050. The molecule has 2 aliphatic rings. The van der Waals surface area contributed by atoms with Crippen LogP contribution < -0.4 is 10.6 Å². The van der Waals surface area contributed by atoms with Crippen molar-refractivity contribution in [2.24, 2.45) is 5.73 Å². The monoisotopic (exact) mass is 423 g/mol. The van der Waals surface area contributed by atoms with Crippen LogP contribution in [0.15, 0.2) is 35.7 Å². The van der Waals surface area contributed by atoms with Crippen molar-refractivity contribution >= 4 is 33.3 Å². The number of fused-ring (bicyclic) bond motifs is 1. The molecule has 0 bridgehead atoms. The van der Waals surface area contributed by atoms with Gasteiger partial charge in [-0.25, -0.2) is 9.97 Å². The van der Waals surface area contributed by atoms with Gasteiger partial charge in [0.25, 0.3) is 0 Å². The molecule has 5 rings (SSSR count). The summed E-state index contributed by atoms with van der Waals surface area (Å²) in [5, 5.41) is 3.16. The Kier molecular flexibility index (Phi) is 5.37. The highest BCUT2D eigenvalue weighted by Gasteiger charge is 2.32. The number of hydrogen-bond acceptors (Lipinski definition) is 7. The second-order valence-corrected chi connectivity index (χ2v) is 8.66. The third-order valence-corrected chi connectivity index (χ3v) is 6.74. The number of carbonyl (C=O) groups excluding carboxylic acids is 1. The molecule has 1 aromatic carbocycles. The fourth-order valence-corrected chi connectivity index (χ4v) is 5.31. The molecule has 8 heteroatoms. The third-order valence-electron chi connectivity index (χ3n) is 5.87. The predicted molar refractivity (Wildman–Crippen MR) is 119 cm³/mol. The van der Waals surface area contributed by atoms with Crippen LogP contribution in [0.3, 0.4) is 0 Å². The lowest BCUT2D eigenvalue weighted by Gasteiger charge is -2.27. The van der Waals surface area contributed by atoms with E-state index in [0.717, 1.165) is 78.7 Å². The molecule has 2 N–H and O–H groups in total. The Hall–Kier alpha value is -2.55. The Morgan fingerprint density at radius 1 is 1.17 bits per heavy atom. The number of morpholine rings is 1. The molecule has 0 spiro atoms. The summed E-state index contributed by atoms with van der Waals surface area (Å²) in [6.45, 7) is 4.69. The average Bonchev–Trinajstić information content (AvgIpc) is 3.42. The van der Waals surface area contributed by atoms with Crippen LogP contribution in [0.25, 0.3) is 21.3 Å². The van der Waals surface area contributed by atoms with E-state index in [2.05, 4.69) is 27.3 Å². The molecular weight excluding hydrogens is 398 g/mol. The SMILES string of the molecule is NC(=O)C1CCCN1c1nc(CN2CCOCC2)nc2scc(-c3ccccc3)c12. The molecule has 0 radical (unpaired) electrons. The number of anilines is 1. The first-order chi connectivity index (χ1) is 14.7. The van der Waals surface area contributed by atoms with Crippen molar-refractivity contribution in [1.29, 1.82) is 0 Å². The van der Waals surface area contributed by atoms with Gasteiger partial charge in [0, 0.05) is 30.6 Å². The number of ether oxygens (including phenoxy) is 1. The smallest absolute Gasteiger partial charge is 0.240 e. The molecule has 2 aliphatic heterocycles. The van der Waals surface area contributed by atoms with E-state index < -0.39 is 0 Å². The van der Waals surface area contributed by atoms with E-state index in [1.54, 1.807) is 11.3 Å². The summed E-state index contributed by atoms with van der Waals surface area (Å²) in [6.07, 6.45) is 1.70. The first-order valence-electron chi connectivity index (χ1n) is 10.4. The minimum absolute atomic E-state index is 0.287. The molecule has 2 aromatic heterocycles. The molecular formula is C22H25N5O2S. The average molecular weight is 424 g/mol. The maximum atomic E-state index is 12.1. The fraction of sp³-hybridized carbons (Fsp3) is 0.409. The highest BCUT2D eigenvalue weighted by Crippen LogP contribution is 2.40. The zero-order valence-corrected chi connectivity index (χ0v) is 17.6. The van der Waals surface area contributed by atoms with Crippen LogP contribution in [-0.2, 0) is 16.1 Å². The van der Waals surface area contributed by atoms with Crippen molar-refractivity contribution < 1.29 is 9.53 Å². The van der Waals surface area contributed by atoms with Gasteiger partial charge in [-0.1, -0.05) is 30.3 Å². The topological polar surface area (TPSA) is 84.6 Å². The van der Waals surface area contributed by atoms with Gasteiger partial charge in [0.1, 0.15) is 22.5 Å². The minimum Gasteiger partial charge on any atom is -0.379 e. The van der Waals surface area contributed by atoms with Crippen molar-refractivity contribution in [2.75, 3.05) is 37.7 Å². The van der Waals surface area contributed by atoms with E-state index in [4.69, 9.17) is 20.4 Å². The van der Waals surface area contributed by atoms with E-state index >= 15 is 0 Å². The predicted octanol–water partition coefficient (Wildman–Crippen LogP) is 2.64. The van der Waals surface area contributed by atoms with Gasteiger partial charge in [-0.2, -0.15) is 0 Å². The van der Waals surface area contributed by atoms with Crippen molar-refractivity contribution in [3.63, 3.8) is 0 Å². The van der Waals surface area contributed by atoms with E-state index in [1.807, 2.05) is 18.2 Å². The molecule has 0 saturated carbocycles. The van der Waals surface area contributed by atoms with Crippen LogP contribution >= 0.6 is 11.3 Å². The van der Waals surface area contributed by atoms with Crippen LogP contribution in [0, 0.1) is 0 Å². The van der Waals surface area contributed by atoms with Gasteiger partial charge < -0.3 is 15.4 Å². The van der Waals surface area contributed by atoms with Crippen molar-refractivity contribution in [2.45, 2.75) is 25.4 Å². The van der Waals surface area contributed by atoms with Crippen molar-refractivity contribution in [1.82, 2.24) is 14.9 Å². The summed E-state index contributed by atoms with van der Waals surface area (Å²) in [5.74, 6) is 1.34. The normalized spacial score (nSPS) is 20.1. The Balaban J connectivity index is 1.62. The van der Waals surface area contributed by atoms with Gasteiger partial charge in [0.05, 0.1) is 25.1 Å². The Labute approximate surface area is 179 Å². The lowest BCUT2D eigenvalue weighted by Crippen LogP contribution is -2.41. The summed E-state index contributed by atoms with van der Waals surface area (Å²) < 4.78 is 5.47. The maximum Gasteiger partial charge on any atom is 0.240 e. The van der Waals surface area contributed by atoms with Crippen molar-refractivity contribution in [3.8, 4) is 11.1 Å². The van der Waals surface area contributed by atoms with Crippen LogP contribution in [0.5, 0.6) is 0 Å². The molecule has 0 aliphatic carbocycles. The number of hydrogen-bond donors (Lipinski definition) is 1. The van der Waals surface area contributed by atoms with Crippen LogP contribution in [0.4, 0.5) is 5.82 Å². The largest absolute Gasteiger partial charge is 0.379 e. The van der Waals surface area contributed by atoms with Gasteiger partial charge in [0.2, 0.25) is 5.91 Å². The summed E-state index contributed by atoms with van der Waals surface area (Å²) >= 11 is 1.63. The second kappa shape index (κ2) is 8.29. The number of primary amides is 1. The van der Waals surface area contributed by atoms with E-state index in [9.17, 15) is 4.79 Å². The molecule has 3 aromatic rings. The molecule has 2 fully saturated rings. The molecule has 156 valence electrons. The number of nitrogens with two attached hydrogens (primary N) is 1. The standard InChI is InChI=1S/C22H25N5O2S/c23-20(28)17-7-4-8-27(17)21-19-16(15-5-2-1-3-6-15)14-30-22(19)25-18(24-21)13-26-9-11-29-12-10-26/h1-3,5-6,14,17H,4,7-13H2,(H2,23,28).